The van der Waals surface area contributed by atoms with Crippen molar-refractivity contribution < 1.29 is 18.3 Å². The number of nitrogens with one attached hydrogen (secondary N) is 1. The van der Waals surface area contributed by atoms with Crippen molar-refractivity contribution in [2.75, 3.05) is 11.2 Å². The molecule has 0 aliphatic heterocycles. The molecule has 0 aromatic heterocycles. The Balaban J connectivity index is 2.93. The smallest absolute Gasteiger partial charge is 0.387 e. The van der Waals surface area contributed by atoms with Crippen LogP contribution in [0, 0.1) is 0 Å². The summed E-state index contributed by atoms with van der Waals surface area (Å²) in [5.41, 5.74) is 0.147. The number of hydrogen-bond acceptors (Lipinski definition) is 2. The summed E-state index contributed by atoms with van der Waals surface area (Å²) in [5, 5.41) is 2.34. The molecular formula is C9H7BrClF2NO2. The Morgan fingerprint density at radius 3 is 2.81 bits per heavy atom. The number of carbonyl (C=O) groups is 1. The highest BCUT2D eigenvalue weighted by atomic mass is 79.9. The van der Waals surface area contributed by atoms with Crippen molar-refractivity contribution in [3.63, 3.8) is 0 Å². The molecule has 0 fully saturated rings. The van der Waals surface area contributed by atoms with E-state index < -0.39 is 12.5 Å². The molecule has 0 bridgehead atoms. The normalized spacial score (nSPS) is 10.3. The van der Waals surface area contributed by atoms with Crippen LogP contribution in [0.25, 0.3) is 0 Å². The van der Waals surface area contributed by atoms with Crippen LogP contribution in [0.2, 0.25) is 0 Å². The van der Waals surface area contributed by atoms with Gasteiger partial charge >= 0.3 is 6.61 Å². The molecule has 0 saturated carbocycles. The zero-order valence-electron chi connectivity index (χ0n) is 7.84. The Hall–Kier alpha value is -0.880. The number of ether oxygens (including phenoxy) is 1. The van der Waals surface area contributed by atoms with Gasteiger partial charge < -0.3 is 10.1 Å². The molecule has 0 heterocycles. The lowest BCUT2D eigenvalue weighted by Gasteiger charge is -2.11. The summed E-state index contributed by atoms with van der Waals surface area (Å²) in [7, 11) is 0. The van der Waals surface area contributed by atoms with E-state index in [0.29, 0.717) is 4.47 Å². The van der Waals surface area contributed by atoms with Gasteiger partial charge in [-0.1, -0.05) is 15.9 Å². The number of hydrogen-bond donors (Lipinski definition) is 1. The topological polar surface area (TPSA) is 38.3 Å². The largest absolute Gasteiger partial charge is 0.433 e. The third kappa shape index (κ3) is 3.94. The van der Waals surface area contributed by atoms with E-state index in [0.717, 1.165) is 0 Å². The van der Waals surface area contributed by atoms with Gasteiger partial charge in [-0.2, -0.15) is 8.78 Å². The SMILES string of the molecule is O=C(CCl)Nc1ccc(Br)cc1OC(F)F. The Bertz CT molecular complexity index is 390. The summed E-state index contributed by atoms with van der Waals surface area (Å²) in [6.07, 6.45) is 0. The van der Waals surface area contributed by atoms with Gasteiger partial charge in [0, 0.05) is 4.47 Å². The second-order valence-electron chi connectivity index (χ2n) is 2.70. The molecule has 1 N–H and O–H groups in total. The molecule has 0 saturated heterocycles. The molecule has 0 atom stereocenters. The van der Waals surface area contributed by atoms with E-state index in [-0.39, 0.29) is 17.3 Å². The van der Waals surface area contributed by atoms with E-state index in [4.69, 9.17) is 11.6 Å². The lowest BCUT2D eigenvalue weighted by Crippen LogP contribution is -2.14. The zero-order chi connectivity index (χ0) is 12.1. The molecule has 3 nitrogen and oxygen atoms in total. The second kappa shape index (κ2) is 6.00. The van der Waals surface area contributed by atoms with Crippen LogP contribution in [0.15, 0.2) is 22.7 Å². The first-order chi connectivity index (χ1) is 7.52. The molecular weight excluding hydrogens is 307 g/mol. The third-order valence-electron chi connectivity index (χ3n) is 1.56. The van der Waals surface area contributed by atoms with Crippen molar-refractivity contribution >= 4 is 39.1 Å². The van der Waals surface area contributed by atoms with Crippen LogP contribution in [0.3, 0.4) is 0 Å². The van der Waals surface area contributed by atoms with Gasteiger partial charge in [-0.3, -0.25) is 4.79 Å². The monoisotopic (exact) mass is 313 g/mol. The lowest BCUT2D eigenvalue weighted by atomic mass is 10.3. The maximum Gasteiger partial charge on any atom is 0.387 e. The zero-order valence-corrected chi connectivity index (χ0v) is 10.2. The van der Waals surface area contributed by atoms with Crippen LogP contribution >= 0.6 is 27.5 Å². The highest BCUT2D eigenvalue weighted by Gasteiger charge is 2.12. The van der Waals surface area contributed by atoms with Gasteiger partial charge in [-0.05, 0) is 18.2 Å². The summed E-state index contributed by atoms with van der Waals surface area (Å²) in [6, 6.07) is 4.35. The van der Waals surface area contributed by atoms with Crippen molar-refractivity contribution in [1.29, 1.82) is 0 Å². The van der Waals surface area contributed by atoms with Crippen molar-refractivity contribution in [2.24, 2.45) is 0 Å². The molecule has 1 aromatic rings. The Morgan fingerprint density at radius 2 is 2.25 bits per heavy atom. The van der Waals surface area contributed by atoms with E-state index in [1.165, 1.54) is 12.1 Å². The van der Waals surface area contributed by atoms with Crippen molar-refractivity contribution in [3.8, 4) is 5.75 Å². The second-order valence-corrected chi connectivity index (χ2v) is 3.88. The number of halogens is 4. The molecule has 7 heteroatoms. The van der Waals surface area contributed by atoms with E-state index in [1.807, 2.05) is 0 Å². The van der Waals surface area contributed by atoms with Gasteiger partial charge in [-0.15, -0.1) is 11.6 Å². The minimum atomic E-state index is -2.96. The van der Waals surface area contributed by atoms with Crippen LogP contribution in [0.4, 0.5) is 14.5 Å². The van der Waals surface area contributed by atoms with Crippen molar-refractivity contribution in [2.45, 2.75) is 6.61 Å². The molecule has 0 spiro atoms. The Labute approximate surface area is 104 Å². The average molecular weight is 315 g/mol. The van der Waals surface area contributed by atoms with Gasteiger partial charge in [-0.25, -0.2) is 0 Å². The molecule has 0 radical (unpaired) electrons. The molecule has 16 heavy (non-hydrogen) atoms. The van der Waals surface area contributed by atoms with Crippen molar-refractivity contribution in [3.05, 3.63) is 22.7 Å². The lowest BCUT2D eigenvalue weighted by molar-refractivity contribution is -0.114. The fourth-order valence-electron chi connectivity index (χ4n) is 0.977. The highest BCUT2D eigenvalue weighted by Crippen LogP contribution is 2.29. The molecule has 1 aromatic carbocycles. The quantitative estimate of drug-likeness (QED) is 0.867. The minimum absolute atomic E-state index is 0.122. The van der Waals surface area contributed by atoms with Gasteiger partial charge in [0.15, 0.2) is 5.75 Å². The summed E-state index contributed by atoms with van der Waals surface area (Å²) < 4.78 is 29.0. The molecule has 0 aliphatic rings. The maximum atomic E-state index is 12.1. The van der Waals surface area contributed by atoms with Crippen LogP contribution < -0.4 is 10.1 Å². The summed E-state index contributed by atoms with van der Waals surface area (Å²) in [4.78, 5) is 11.0. The van der Waals surface area contributed by atoms with E-state index in [9.17, 15) is 13.6 Å². The van der Waals surface area contributed by atoms with E-state index >= 15 is 0 Å². The summed E-state index contributed by atoms with van der Waals surface area (Å²) >= 11 is 8.39. The number of anilines is 1. The number of amides is 1. The number of alkyl halides is 3. The molecule has 88 valence electrons. The molecule has 0 aliphatic carbocycles. The number of carbonyl (C=O) groups excluding carboxylic acids is 1. The van der Waals surface area contributed by atoms with Gasteiger partial charge in [0.1, 0.15) is 5.88 Å². The Kier molecular flexibility index (Phi) is 4.95. The predicted octanol–water partition coefficient (Wildman–Crippen LogP) is 3.23. The van der Waals surface area contributed by atoms with Gasteiger partial charge in [0.25, 0.3) is 0 Å². The maximum absolute atomic E-state index is 12.1. The highest BCUT2D eigenvalue weighted by molar-refractivity contribution is 9.10. The fourth-order valence-corrected chi connectivity index (χ4v) is 1.38. The number of rotatable bonds is 4. The van der Waals surface area contributed by atoms with Crippen molar-refractivity contribution in [1.82, 2.24) is 0 Å². The predicted molar refractivity (Wildman–Crippen MR) is 60.1 cm³/mol. The van der Waals surface area contributed by atoms with Crippen LogP contribution in [-0.2, 0) is 4.79 Å². The van der Waals surface area contributed by atoms with Gasteiger partial charge in [0.2, 0.25) is 5.91 Å². The average Bonchev–Trinajstić information content (AvgIpc) is 2.21. The summed E-state index contributed by atoms with van der Waals surface area (Å²) in [5.74, 6) is -0.879. The van der Waals surface area contributed by atoms with Crippen LogP contribution in [0.5, 0.6) is 5.75 Å². The fraction of sp³-hybridized carbons (Fsp3) is 0.222. The molecule has 1 rings (SSSR count). The molecule has 0 unspecified atom stereocenters. The number of benzene rings is 1. The first-order valence-corrected chi connectivity index (χ1v) is 5.46. The standard InChI is InChI=1S/C9H7BrClF2NO2/c10-5-1-2-6(14-8(15)4-11)7(3-5)16-9(12)13/h1-3,9H,4H2,(H,14,15). The third-order valence-corrected chi connectivity index (χ3v) is 2.29. The first-order valence-electron chi connectivity index (χ1n) is 4.13. The summed E-state index contributed by atoms with van der Waals surface area (Å²) in [6.45, 7) is -2.96. The molecule has 1 amide bonds. The minimum Gasteiger partial charge on any atom is -0.433 e. The van der Waals surface area contributed by atoms with Crippen LogP contribution in [0.1, 0.15) is 0 Å². The van der Waals surface area contributed by atoms with Crippen LogP contribution in [-0.4, -0.2) is 18.4 Å². The van der Waals surface area contributed by atoms with E-state index in [1.54, 1.807) is 6.07 Å². The Morgan fingerprint density at radius 1 is 1.56 bits per heavy atom. The first kappa shape index (κ1) is 13.2. The van der Waals surface area contributed by atoms with E-state index in [2.05, 4.69) is 26.0 Å². The van der Waals surface area contributed by atoms with Gasteiger partial charge in [0.05, 0.1) is 5.69 Å².